The van der Waals surface area contributed by atoms with E-state index >= 15 is 0 Å². The first kappa shape index (κ1) is 15.7. The zero-order valence-corrected chi connectivity index (χ0v) is 5.03. The molecule has 0 aliphatic heterocycles. The zero-order chi connectivity index (χ0) is 7.41. The maximum atomic E-state index is 8.36. The van der Waals surface area contributed by atoms with Crippen LogP contribution in [0.2, 0.25) is 0 Å². The summed E-state index contributed by atoms with van der Waals surface area (Å²) in [5.41, 5.74) is 0. The lowest BCUT2D eigenvalue weighted by Crippen LogP contribution is -1.57. The van der Waals surface area contributed by atoms with Crippen LogP contribution in [-0.2, 0) is 4.79 Å². The van der Waals surface area contributed by atoms with Gasteiger partial charge in [-0.2, -0.15) is 0 Å². The Morgan fingerprint density at radius 2 is 1.50 bits per heavy atom. The Labute approximate surface area is 48.4 Å². The van der Waals surface area contributed by atoms with Gasteiger partial charge in [0.05, 0.1) is 0 Å². The monoisotopic (exact) mass is 124 g/mol. The molecule has 0 amide bonds. The average molecular weight is 124 g/mol. The third-order valence-electron chi connectivity index (χ3n) is 0. The molecule has 3 N–H and O–H groups in total. The van der Waals surface area contributed by atoms with E-state index in [1.807, 2.05) is 0 Å². The van der Waals surface area contributed by atoms with E-state index in [9.17, 15) is 0 Å². The second-order valence-electron chi connectivity index (χ2n) is 0.422. The molecular weight excluding hydrogens is 112 g/mol. The molecule has 4 heteroatoms. The second kappa shape index (κ2) is 96.1. The van der Waals surface area contributed by atoms with Gasteiger partial charge in [-0.25, -0.2) is 0 Å². The standard InChI is InChI=1S/C2H6O.CH2O2.CH4O/c1-2-3;2-1-3;1-2/h3H,2H2,1H3;1H,(H,2,3);2H,1H3. The summed E-state index contributed by atoms with van der Waals surface area (Å²) in [6.45, 7) is 1.68. The van der Waals surface area contributed by atoms with Crippen LogP contribution in [0.3, 0.4) is 0 Å². The SMILES string of the molecule is CCO.CO.O=CO. The van der Waals surface area contributed by atoms with Crippen LogP contribution in [0.1, 0.15) is 6.92 Å². The van der Waals surface area contributed by atoms with Crippen LogP contribution in [0.25, 0.3) is 0 Å². The van der Waals surface area contributed by atoms with Crippen molar-refractivity contribution in [3.8, 4) is 0 Å². The van der Waals surface area contributed by atoms with Crippen LogP contribution in [0.5, 0.6) is 0 Å². The molecule has 0 aliphatic rings. The minimum absolute atomic E-state index is 0.250. The van der Waals surface area contributed by atoms with Crippen LogP contribution in [0, 0.1) is 0 Å². The largest absolute Gasteiger partial charge is 0.483 e. The fourth-order valence-corrected chi connectivity index (χ4v) is 0. The predicted molar refractivity (Wildman–Crippen MR) is 29.6 cm³/mol. The van der Waals surface area contributed by atoms with Crippen molar-refractivity contribution in [2.75, 3.05) is 13.7 Å². The van der Waals surface area contributed by atoms with Gasteiger partial charge in [0, 0.05) is 13.7 Å². The molecule has 0 rings (SSSR count). The van der Waals surface area contributed by atoms with Crippen molar-refractivity contribution in [3.05, 3.63) is 0 Å². The maximum absolute atomic E-state index is 8.36. The summed E-state index contributed by atoms with van der Waals surface area (Å²) < 4.78 is 0. The number of hydrogen-bond acceptors (Lipinski definition) is 3. The molecule has 0 atom stereocenters. The Balaban J connectivity index is -0.0000000483. The van der Waals surface area contributed by atoms with Crippen molar-refractivity contribution < 1.29 is 20.1 Å². The van der Waals surface area contributed by atoms with E-state index in [2.05, 4.69) is 0 Å². The van der Waals surface area contributed by atoms with E-state index in [4.69, 9.17) is 20.1 Å². The van der Waals surface area contributed by atoms with Gasteiger partial charge in [-0.1, -0.05) is 0 Å². The number of hydrogen-bond donors (Lipinski definition) is 3. The second-order valence-corrected chi connectivity index (χ2v) is 0.422. The van der Waals surface area contributed by atoms with Crippen molar-refractivity contribution in [2.45, 2.75) is 6.92 Å². The lowest BCUT2D eigenvalue weighted by molar-refractivity contribution is -0.122. The molecule has 0 saturated carbocycles. The fourth-order valence-electron chi connectivity index (χ4n) is 0. The first-order valence-electron chi connectivity index (χ1n) is 1.96. The molecule has 0 aromatic rings. The van der Waals surface area contributed by atoms with Crippen molar-refractivity contribution in [1.29, 1.82) is 0 Å². The van der Waals surface area contributed by atoms with Gasteiger partial charge in [0.2, 0.25) is 0 Å². The van der Waals surface area contributed by atoms with Crippen molar-refractivity contribution in [2.24, 2.45) is 0 Å². The van der Waals surface area contributed by atoms with E-state index < -0.39 is 0 Å². The van der Waals surface area contributed by atoms with Crippen molar-refractivity contribution in [3.63, 3.8) is 0 Å². The van der Waals surface area contributed by atoms with E-state index in [-0.39, 0.29) is 13.1 Å². The van der Waals surface area contributed by atoms with E-state index in [0.717, 1.165) is 7.11 Å². The summed E-state index contributed by atoms with van der Waals surface area (Å²) in [6, 6.07) is 0. The Morgan fingerprint density at radius 1 is 1.50 bits per heavy atom. The molecule has 0 spiro atoms. The van der Waals surface area contributed by atoms with Gasteiger partial charge < -0.3 is 15.3 Å². The van der Waals surface area contributed by atoms with Crippen molar-refractivity contribution >= 4 is 6.47 Å². The zero-order valence-electron chi connectivity index (χ0n) is 5.03. The van der Waals surface area contributed by atoms with Gasteiger partial charge >= 0.3 is 0 Å². The summed E-state index contributed by atoms with van der Waals surface area (Å²) in [7, 11) is 1.00. The van der Waals surface area contributed by atoms with Gasteiger partial charge in [0.25, 0.3) is 6.47 Å². The highest BCUT2D eigenvalue weighted by Crippen LogP contribution is 1.30. The predicted octanol–water partition coefficient (Wildman–Crippen LogP) is -0.692. The topological polar surface area (TPSA) is 77.8 Å². The normalized spacial score (nSPS) is 4.50. The first-order chi connectivity index (χ1) is 3.83. The highest BCUT2D eigenvalue weighted by atomic mass is 16.3. The molecule has 0 radical (unpaired) electrons. The first-order valence-corrected chi connectivity index (χ1v) is 1.96. The summed E-state index contributed by atoms with van der Waals surface area (Å²) in [5.74, 6) is 0. The molecule has 52 valence electrons. The molecule has 0 aromatic carbocycles. The third-order valence-corrected chi connectivity index (χ3v) is 0. The molecular formula is C4H12O4. The summed E-state index contributed by atoms with van der Waals surface area (Å²) in [5, 5.41) is 21.5. The minimum atomic E-state index is -0.250. The lowest BCUT2D eigenvalue weighted by atomic mass is 10.9. The van der Waals surface area contributed by atoms with Gasteiger partial charge in [-0.05, 0) is 6.92 Å². The van der Waals surface area contributed by atoms with Crippen molar-refractivity contribution in [1.82, 2.24) is 0 Å². The highest BCUT2D eigenvalue weighted by Gasteiger charge is 1.34. The number of aliphatic hydroxyl groups is 2. The number of rotatable bonds is 0. The molecule has 4 nitrogen and oxygen atoms in total. The van der Waals surface area contributed by atoms with Crippen LogP contribution in [0.15, 0.2) is 0 Å². The molecule has 0 aliphatic carbocycles. The Kier molecular flexibility index (Phi) is 188. The lowest BCUT2D eigenvalue weighted by Gasteiger charge is -1.52. The molecule has 0 bridgehead atoms. The number of aliphatic hydroxyl groups excluding tert-OH is 2. The van der Waals surface area contributed by atoms with Gasteiger partial charge in [-0.3, -0.25) is 4.79 Å². The molecule has 0 saturated heterocycles. The third kappa shape index (κ3) is 279. The highest BCUT2D eigenvalue weighted by molar-refractivity contribution is 5.32. The van der Waals surface area contributed by atoms with Crippen LogP contribution in [-0.4, -0.2) is 35.5 Å². The van der Waals surface area contributed by atoms with E-state index in [1.54, 1.807) is 6.92 Å². The Hall–Kier alpha value is -0.610. The van der Waals surface area contributed by atoms with Gasteiger partial charge in [-0.15, -0.1) is 0 Å². The quantitative estimate of drug-likeness (QED) is 0.373. The maximum Gasteiger partial charge on any atom is 0.290 e. The fraction of sp³-hybridized carbons (Fsp3) is 0.750. The van der Waals surface area contributed by atoms with Crippen LogP contribution >= 0.6 is 0 Å². The minimum Gasteiger partial charge on any atom is -0.483 e. The summed E-state index contributed by atoms with van der Waals surface area (Å²) in [6.07, 6.45) is 0. The molecule has 0 fully saturated rings. The summed E-state index contributed by atoms with van der Waals surface area (Å²) in [4.78, 5) is 8.36. The summed E-state index contributed by atoms with van der Waals surface area (Å²) >= 11 is 0. The number of carbonyl (C=O) groups is 1. The van der Waals surface area contributed by atoms with Crippen LogP contribution in [0.4, 0.5) is 0 Å². The Bertz CT molecular complexity index is 22.0. The Morgan fingerprint density at radius 3 is 1.50 bits per heavy atom. The average Bonchev–Trinajstić information content (AvgIpc) is 1.75. The van der Waals surface area contributed by atoms with E-state index in [1.165, 1.54) is 0 Å². The van der Waals surface area contributed by atoms with Gasteiger partial charge in [0.15, 0.2) is 0 Å². The molecule has 8 heavy (non-hydrogen) atoms. The molecule has 0 unspecified atom stereocenters. The molecule has 0 aromatic heterocycles. The smallest absolute Gasteiger partial charge is 0.290 e. The van der Waals surface area contributed by atoms with E-state index in [0.29, 0.717) is 0 Å². The van der Waals surface area contributed by atoms with Gasteiger partial charge in [0.1, 0.15) is 0 Å². The molecule has 0 heterocycles. The number of carboxylic acid groups (broad SMARTS) is 1. The van der Waals surface area contributed by atoms with Crippen LogP contribution < -0.4 is 0 Å².